The van der Waals surface area contributed by atoms with Gasteiger partial charge in [-0.15, -0.1) is 0 Å². The first-order valence-electron chi connectivity index (χ1n) is 5.40. The summed E-state index contributed by atoms with van der Waals surface area (Å²) in [4.78, 5) is 15.6. The third-order valence-electron chi connectivity index (χ3n) is 2.39. The van der Waals surface area contributed by atoms with E-state index in [4.69, 9.17) is 4.74 Å². The zero-order chi connectivity index (χ0) is 14.0. The third-order valence-corrected chi connectivity index (χ3v) is 2.85. The lowest BCUT2D eigenvalue weighted by Gasteiger charge is -2.08. The van der Waals surface area contributed by atoms with E-state index in [-0.39, 0.29) is 5.88 Å². The second-order valence-corrected chi connectivity index (χ2v) is 4.54. The molecule has 4 nitrogen and oxygen atoms in total. The van der Waals surface area contributed by atoms with E-state index in [1.807, 2.05) is 0 Å². The molecule has 7 heteroatoms. The Morgan fingerprint density at radius 2 is 2.16 bits per heavy atom. The Bertz CT molecular complexity index is 673. The van der Waals surface area contributed by atoms with Gasteiger partial charge in [-0.05, 0) is 19.1 Å². The van der Waals surface area contributed by atoms with Crippen LogP contribution >= 0.6 is 15.9 Å². The highest BCUT2D eigenvalue weighted by atomic mass is 79.9. The van der Waals surface area contributed by atoms with Crippen LogP contribution in [0.1, 0.15) is 6.92 Å². The lowest BCUT2D eigenvalue weighted by atomic mass is 10.3. The minimum atomic E-state index is -1.17. The fraction of sp³-hybridized carbons (Fsp3) is 0.167. The largest absolute Gasteiger partial charge is 0.431 e. The number of ether oxygens (including phenoxy) is 1. The molecule has 2 aromatic rings. The first kappa shape index (κ1) is 13.7. The summed E-state index contributed by atoms with van der Waals surface area (Å²) in [5.74, 6) is -2.95. The minimum Gasteiger partial charge on any atom is -0.431 e. The van der Waals surface area contributed by atoms with Gasteiger partial charge in [0.05, 0.1) is 0 Å². The van der Waals surface area contributed by atoms with Crippen LogP contribution in [0.4, 0.5) is 8.78 Å². The lowest BCUT2D eigenvalue weighted by Crippen LogP contribution is -2.20. The van der Waals surface area contributed by atoms with Crippen molar-refractivity contribution in [1.82, 2.24) is 9.55 Å². The van der Waals surface area contributed by atoms with Crippen LogP contribution in [0.2, 0.25) is 0 Å². The SMILES string of the molecule is CCn1ccnc(Oc2cc(Br)cc(F)c2F)c1=O. The molecular formula is C12H9BrF2N2O2. The molecule has 0 N–H and O–H groups in total. The number of aromatic nitrogens is 2. The van der Waals surface area contributed by atoms with Crippen molar-refractivity contribution in [3.63, 3.8) is 0 Å². The van der Waals surface area contributed by atoms with Gasteiger partial charge in [0.15, 0.2) is 11.6 Å². The maximum Gasteiger partial charge on any atom is 0.313 e. The molecule has 0 unspecified atom stereocenters. The predicted molar refractivity (Wildman–Crippen MR) is 68.3 cm³/mol. The van der Waals surface area contributed by atoms with E-state index in [0.29, 0.717) is 11.0 Å². The van der Waals surface area contributed by atoms with Crippen molar-refractivity contribution in [2.45, 2.75) is 13.5 Å². The van der Waals surface area contributed by atoms with E-state index in [0.717, 1.165) is 6.07 Å². The molecular weight excluding hydrogens is 322 g/mol. The first-order valence-corrected chi connectivity index (χ1v) is 6.20. The Morgan fingerprint density at radius 3 is 2.84 bits per heavy atom. The Morgan fingerprint density at radius 1 is 1.42 bits per heavy atom. The molecule has 0 aliphatic heterocycles. The van der Waals surface area contributed by atoms with Gasteiger partial charge < -0.3 is 9.30 Å². The third kappa shape index (κ3) is 2.81. The monoisotopic (exact) mass is 330 g/mol. The van der Waals surface area contributed by atoms with E-state index in [1.54, 1.807) is 6.92 Å². The highest BCUT2D eigenvalue weighted by Gasteiger charge is 2.15. The van der Waals surface area contributed by atoms with Crippen LogP contribution in [0.3, 0.4) is 0 Å². The molecule has 0 bridgehead atoms. The Hall–Kier alpha value is -1.76. The molecule has 0 aliphatic rings. The predicted octanol–water partition coefficient (Wildman–Crippen LogP) is 3.10. The van der Waals surface area contributed by atoms with Crippen molar-refractivity contribution in [2.24, 2.45) is 0 Å². The van der Waals surface area contributed by atoms with Gasteiger partial charge in [-0.1, -0.05) is 15.9 Å². The zero-order valence-corrected chi connectivity index (χ0v) is 11.4. The summed E-state index contributed by atoms with van der Waals surface area (Å²) >= 11 is 3.02. The van der Waals surface area contributed by atoms with Gasteiger partial charge in [-0.2, -0.15) is 4.39 Å². The normalized spacial score (nSPS) is 10.5. The minimum absolute atomic E-state index is 0.299. The van der Waals surface area contributed by atoms with Crippen LogP contribution in [0, 0.1) is 11.6 Å². The molecule has 0 radical (unpaired) electrons. The van der Waals surface area contributed by atoms with E-state index < -0.39 is 22.9 Å². The summed E-state index contributed by atoms with van der Waals surface area (Å²) in [6.07, 6.45) is 2.83. The molecule has 0 amide bonds. The molecule has 1 heterocycles. The fourth-order valence-electron chi connectivity index (χ4n) is 1.46. The van der Waals surface area contributed by atoms with Crippen molar-refractivity contribution >= 4 is 15.9 Å². The fourth-order valence-corrected chi connectivity index (χ4v) is 1.87. The van der Waals surface area contributed by atoms with Gasteiger partial charge in [0.1, 0.15) is 0 Å². The highest BCUT2D eigenvalue weighted by Crippen LogP contribution is 2.27. The van der Waals surface area contributed by atoms with Crippen LogP contribution < -0.4 is 10.3 Å². The number of nitrogens with zero attached hydrogens (tertiary/aromatic N) is 2. The molecule has 19 heavy (non-hydrogen) atoms. The smallest absolute Gasteiger partial charge is 0.313 e. The van der Waals surface area contributed by atoms with Crippen LogP contribution in [-0.4, -0.2) is 9.55 Å². The van der Waals surface area contributed by atoms with Crippen molar-refractivity contribution in [1.29, 1.82) is 0 Å². The van der Waals surface area contributed by atoms with Crippen LogP contribution in [0.15, 0.2) is 33.8 Å². The van der Waals surface area contributed by atoms with Crippen molar-refractivity contribution in [3.8, 4) is 11.6 Å². The standard InChI is InChI=1S/C12H9BrF2N2O2/c1-2-17-4-3-16-11(12(17)18)19-9-6-7(13)5-8(14)10(9)15/h3-6H,2H2,1H3. The van der Waals surface area contributed by atoms with Gasteiger partial charge in [0, 0.05) is 23.4 Å². The van der Waals surface area contributed by atoms with Gasteiger partial charge in [-0.3, -0.25) is 4.79 Å². The van der Waals surface area contributed by atoms with Crippen LogP contribution in [0.5, 0.6) is 11.6 Å². The second kappa shape index (κ2) is 5.48. The van der Waals surface area contributed by atoms with E-state index in [1.165, 1.54) is 23.0 Å². The maximum absolute atomic E-state index is 13.5. The summed E-state index contributed by atoms with van der Waals surface area (Å²) in [5, 5.41) is 0. The van der Waals surface area contributed by atoms with Crippen LogP contribution in [0.25, 0.3) is 0 Å². The van der Waals surface area contributed by atoms with Gasteiger partial charge >= 0.3 is 5.56 Å². The maximum atomic E-state index is 13.5. The molecule has 0 aliphatic carbocycles. The summed E-state index contributed by atoms with van der Waals surface area (Å²) in [7, 11) is 0. The number of hydrogen-bond acceptors (Lipinski definition) is 3. The van der Waals surface area contributed by atoms with E-state index in [9.17, 15) is 13.6 Å². The van der Waals surface area contributed by atoms with E-state index >= 15 is 0 Å². The zero-order valence-electron chi connectivity index (χ0n) is 9.86. The molecule has 0 atom stereocenters. The lowest BCUT2D eigenvalue weighted by molar-refractivity contribution is 0.396. The van der Waals surface area contributed by atoms with Crippen LogP contribution in [-0.2, 0) is 6.54 Å². The number of halogens is 3. The Kier molecular flexibility index (Phi) is 3.94. The molecule has 0 fully saturated rings. The summed E-state index contributed by atoms with van der Waals surface area (Å²) in [6, 6.07) is 2.19. The van der Waals surface area contributed by atoms with Crippen molar-refractivity contribution < 1.29 is 13.5 Å². The number of rotatable bonds is 3. The molecule has 2 rings (SSSR count). The molecule has 100 valence electrons. The average Bonchev–Trinajstić information content (AvgIpc) is 2.37. The summed E-state index contributed by atoms with van der Waals surface area (Å²) < 4.78 is 33.4. The summed E-state index contributed by atoms with van der Waals surface area (Å²) in [6.45, 7) is 2.19. The van der Waals surface area contributed by atoms with Gasteiger partial charge in [0.25, 0.3) is 5.88 Å². The molecule has 0 saturated carbocycles. The quantitative estimate of drug-likeness (QED) is 0.812. The molecule has 0 saturated heterocycles. The highest BCUT2D eigenvalue weighted by molar-refractivity contribution is 9.10. The molecule has 1 aromatic carbocycles. The second-order valence-electron chi connectivity index (χ2n) is 3.63. The Labute approximate surface area is 115 Å². The average molecular weight is 331 g/mol. The molecule has 0 spiro atoms. The number of benzene rings is 1. The first-order chi connectivity index (χ1) is 9.02. The summed E-state index contributed by atoms with van der Waals surface area (Å²) in [5.41, 5.74) is -0.509. The Balaban J connectivity index is 2.45. The van der Waals surface area contributed by atoms with E-state index in [2.05, 4.69) is 20.9 Å². The van der Waals surface area contributed by atoms with Crippen molar-refractivity contribution in [3.05, 3.63) is 51.0 Å². The van der Waals surface area contributed by atoms with Gasteiger partial charge in [0.2, 0.25) is 5.82 Å². The topological polar surface area (TPSA) is 44.1 Å². The van der Waals surface area contributed by atoms with Gasteiger partial charge in [-0.25, -0.2) is 9.37 Å². The number of aryl methyl sites for hydroxylation is 1. The number of hydrogen-bond donors (Lipinski definition) is 0. The van der Waals surface area contributed by atoms with Crippen molar-refractivity contribution in [2.75, 3.05) is 0 Å². The molecule has 1 aromatic heterocycles.